The summed E-state index contributed by atoms with van der Waals surface area (Å²) in [4.78, 5) is 10.4. The minimum absolute atomic E-state index is 0.216. The highest BCUT2D eigenvalue weighted by molar-refractivity contribution is 14.1. The fraction of sp³-hybridized carbons (Fsp3) is 0.500. The number of hydrogen-bond donors (Lipinski definition) is 1. The van der Waals surface area contributed by atoms with E-state index in [9.17, 15) is 4.79 Å². The highest BCUT2D eigenvalue weighted by atomic mass is 127. The van der Waals surface area contributed by atoms with Crippen LogP contribution in [0.3, 0.4) is 0 Å². The van der Waals surface area contributed by atoms with Crippen molar-refractivity contribution in [3.8, 4) is 0 Å². The Morgan fingerprint density at radius 3 is 2.58 bits per heavy atom. The van der Waals surface area contributed by atoms with E-state index in [1.165, 1.54) is 3.11 Å². The summed E-state index contributed by atoms with van der Waals surface area (Å²) in [7, 11) is 0. The van der Waals surface area contributed by atoms with E-state index in [1.54, 1.807) is 22.9 Å². The predicted octanol–water partition coefficient (Wildman–Crippen LogP) is 3.42. The van der Waals surface area contributed by atoms with Gasteiger partial charge in [0.05, 0.1) is 25.7 Å². The van der Waals surface area contributed by atoms with Gasteiger partial charge in [0, 0.05) is 6.54 Å². The maximum Gasteiger partial charge on any atom is 0.416 e. The molecule has 0 bridgehead atoms. The summed E-state index contributed by atoms with van der Waals surface area (Å²) in [5.74, 6) is 0. The van der Waals surface area contributed by atoms with Crippen LogP contribution in [0.2, 0.25) is 0 Å². The molecule has 6 heteroatoms. The van der Waals surface area contributed by atoms with Crippen LogP contribution >= 0.6 is 61.4 Å². The molecule has 0 rings (SSSR count). The maximum atomic E-state index is 10.4. The van der Waals surface area contributed by atoms with Gasteiger partial charge in [-0.3, -0.25) is 0 Å². The second-order valence-electron chi connectivity index (χ2n) is 2.08. The number of halogens is 3. The fourth-order valence-corrected chi connectivity index (χ4v) is 1.23. The van der Waals surface area contributed by atoms with Crippen molar-refractivity contribution < 1.29 is 9.90 Å². The normalized spacial score (nSPS) is 12.2. The quantitative estimate of drug-likeness (QED) is 0.303. The minimum Gasteiger partial charge on any atom is -0.464 e. The zero-order valence-corrected chi connectivity index (χ0v) is 12.0. The number of carbonyl (C=O) groups is 1. The van der Waals surface area contributed by atoms with Crippen molar-refractivity contribution in [2.24, 2.45) is 0 Å². The molecule has 0 aliphatic carbocycles. The van der Waals surface area contributed by atoms with Crippen LogP contribution in [0.4, 0.5) is 4.79 Å². The van der Waals surface area contributed by atoms with E-state index in [0.29, 0.717) is 13.0 Å². The molecular formula is C6H8BrI2NO2. The summed E-state index contributed by atoms with van der Waals surface area (Å²) >= 11 is 7.29. The molecule has 0 heterocycles. The lowest BCUT2D eigenvalue weighted by atomic mass is 10.2. The van der Waals surface area contributed by atoms with Gasteiger partial charge in [-0.05, 0) is 6.42 Å². The lowest BCUT2D eigenvalue weighted by Gasteiger charge is -2.11. The Bertz CT molecular complexity index is 186. The molecular weight excluding hydrogens is 452 g/mol. The summed E-state index contributed by atoms with van der Waals surface area (Å²) in [6.45, 7) is 4.29. The van der Waals surface area contributed by atoms with Crippen LogP contribution in [0.1, 0.15) is 6.42 Å². The highest BCUT2D eigenvalue weighted by Gasteiger charge is 2.09. The maximum absolute atomic E-state index is 10.4. The van der Waals surface area contributed by atoms with Crippen molar-refractivity contribution in [2.75, 3.05) is 6.54 Å². The van der Waals surface area contributed by atoms with Crippen molar-refractivity contribution in [1.82, 2.24) is 3.11 Å². The van der Waals surface area contributed by atoms with Gasteiger partial charge >= 0.3 is 6.09 Å². The smallest absolute Gasteiger partial charge is 0.416 e. The van der Waals surface area contributed by atoms with E-state index in [2.05, 4.69) is 45.1 Å². The van der Waals surface area contributed by atoms with E-state index in [1.807, 2.05) is 0 Å². The van der Waals surface area contributed by atoms with Crippen molar-refractivity contribution in [3.63, 3.8) is 0 Å². The number of amides is 1. The molecule has 0 aliphatic rings. The Hall–Kier alpha value is 0.950. The standard InChI is InChI=1S/C6H8BrI2NO2/c1-4(5(7)8)2-3-10(9)6(11)12/h5H,1-3H2,(H,11,12). The molecule has 12 heavy (non-hydrogen) atoms. The first-order chi connectivity index (χ1) is 5.45. The lowest BCUT2D eigenvalue weighted by Crippen LogP contribution is -2.20. The van der Waals surface area contributed by atoms with Crippen LogP contribution in [0, 0.1) is 0 Å². The third kappa shape index (κ3) is 5.57. The van der Waals surface area contributed by atoms with Gasteiger partial charge in [-0.1, -0.05) is 50.7 Å². The van der Waals surface area contributed by atoms with E-state index in [-0.39, 0.29) is 2.83 Å². The van der Waals surface area contributed by atoms with Crippen molar-refractivity contribution in [3.05, 3.63) is 12.2 Å². The number of alkyl halides is 2. The van der Waals surface area contributed by atoms with Gasteiger partial charge in [-0.2, -0.15) is 0 Å². The molecule has 0 fully saturated rings. The summed E-state index contributed by atoms with van der Waals surface area (Å²) in [5, 5.41) is 8.51. The average Bonchev–Trinajstić information content (AvgIpc) is 1.98. The second-order valence-corrected chi connectivity index (χ2v) is 7.12. The van der Waals surface area contributed by atoms with Crippen LogP contribution in [0.15, 0.2) is 12.2 Å². The first-order valence-corrected chi connectivity index (χ1v) is 6.19. The third-order valence-corrected chi connectivity index (χ3v) is 3.57. The Morgan fingerprint density at radius 2 is 2.25 bits per heavy atom. The third-order valence-electron chi connectivity index (χ3n) is 1.15. The SMILES string of the molecule is C=C(CCN(I)C(=O)O)C(Br)I. The van der Waals surface area contributed by atoms with Crippen LogP contribution in [-0.4, -0.2) is 23.7 Å². The number of hydrogen-bond acceptors (Lipinski definition) is 1. The summed E-state index contributed by atoms with van der Waals surface area (Å²) < 4.78 is 1.43. The van der Waals surface area contributed by atoms with Gasteiger partial charge < -0.3 is 5.11 Å². The monoisotopic (exact) mass is 459 g/mol. The fourth-order valence-electron chi connectivity index (χ4n) is 0.447. The number of carboxylic acid groups (broad SMARTS) is 1. The molecule has 1 atom stereocenters. The van der Waals surface area contributed by atoms with Crippen LogP contribution in [0.25, 0.3) is 0 Å². The van der Waals surface area contributed by atoms with Crippen molar-refractivity contribution in [2.45, 2.75) is 9.25 Å². The molecule has 1 unspecified atom stereocenters. The van der Waals surface area contributed by atoms with Crippen LogP contribution in [-0.2, 0) is 0 Å². The molecule has 70 valence electrons. The summed E-state index contributed by atoms with van der Waals surface area (Å²) in [5.41, 5.74) is 0.999. The Balaban J connectivity index is 3.69. The first-order valence-electron chi connectivity index (χ1n) is 3.07. The van der Waals surface area contributed by atoms with Crippen LogP contribution in [0.5, 0.6) is 0 Å². The van der Waals surface area contributed by atoms with Crippen molar-refractivity contribution in [1.29, 1.82) is 0 Å². The van der Waals surface area contributed by atoms with Gasteiger partial charge in [-0.25, -0.2) is 7.91 Å². The van der Waals surface area contributed by atoms with Crippen molar-refractivity contribution >= 4 is 67.5 Å². The topological polar surface area (TPSA) is 40.5 Å². The average molecular weight is 460 g/mol. The molecule has 0 aliphatic heterocycles. The largest absolute Gasteiger partial charge is 0.464 e. The molecule has 0 aromatic rings. The highest BCUT2D eigenvalue weighted by Crippen LogP contribution is 2.21. The van der Waals surface area contributed by atoms with Crippen LogP contribution < -0.4 is 0 Å². The minimum atomic E-state index is -0.914. The van der Waals surface area contributed by atoms with Gasteiger partial charge in [0.1, 0.15) is 0 Å². The zero-order chi connectivity index (χ0) is 9.72. The second kappa shape index (κ2) is 6.41. The Morgan fingerprint density at radius 1 is 1.75 bits per heavy atom. The van der Waals surface area contributed by atoms with Gasteiger partial charge in [-0.15, -0.1) is 0 Å². The molecule has 0 saturated heterocycles. The predicted molar refractivity (Wildman–Crippen MR) is 69.2 cm³/mol. The summed E-state index contributed by atoms with van der Waals surface area (Å²) in [6.07, 6.45) is -0.225. The summed E-state index contributed by atoms with van der Waals surface area (Å²) in [6, 6.07) is 0. The van der Waals surface area contributed by atoms with E-state index < -0.39 is 6.09 Å². The molecule has 0 aromatic heterocycles. The number of nitrogens with zero attached hydrogens (tertiary/aromatic N) is 1. The molecule has 1 amide bonds. The molecule has 0 radical (unpaired) electrons. The van der Waals surface area contributed by atoms with Gasteiger partial charge in [0.15, 0.2) is 0 Å². The Labute approximate surface area is 107 Å². The van der Waals surface area contributed by atoms with Gasteiger partial charge in [0.25, 0.3) is 0 Å². The number of rotatable bonds is 4. The molecule has 3 nitrogen and oxygen atoms in total. The first kappa shape index (κ1) is 12.9. The lowest BCUT2D eigenvalue weighted by molar-refractivity contribution is 0.179. The van der Waals surface area contributed by atoms with Gasteiger partial charge in [0.2, 0.25) is 0 Å². The van der Waals surface area contributed by atoms with E-state index in [0.717, 1.165) is 5.57 Å². The van der Waals surface area contributed by atoms with E-state index >= 15 is 0 Å². The Kier molecular flexibility index (Phi) is 6.92. The van der Waals surface area contributed by atoms with E-state index in [4.69, 9.17) is 5.11 Å². The molecule has 0 aromatic carbocycles. The zero-order valence-electron chi connectivity index (χ0n) is 6.14. The molecule has 1 N–H and O–H groups in total. The molecule has 0 spiro atoms. The molecule has 0 saturated carbocycles.